The zero-order valence-corrected chi connectivity index (χ0v) is 16.6. The van der Waals surface area contributed by atoms with Crippen molar-refractivity contribution in [3.63, 3.8) is 0 Å². The van der Waals surface area contributed by atoms with E-state index in [4.69, 9.17) is 0 Å². The predicted molar refractivity (Wildman–Crippen MR) is 112 cm³/mol. The molecule has 0 saturated carbocycles. The van der Waals surface area contributed by atoms with E-state index in [1.54, 1.807) is 24.5 Å². The molecule has 2 heterocycles. The molecule has 2 aromatic heterocycles. The number of hydrogen-bond acceptors (Lipinski definition) is 4. The fourth-order valence-corrected chi connectivity index (χ4v) is 4.04. The number of nitrogens with one attached hydrogen (secondary N) is 2. The highest BCUT2D eigenvalue weighted by Gasteiger charge is 2.29. The van der Waals surface area contributed by atoms with Gasteiger partial charge in [-0.3, -0.25) is 14.6 Å². The number of amides is 1. The second-order valence-electron chi connectivity index (χ2n) is 7.58. The lowest BCUT2D eigenvalue weighted by molar-refractivity contribution is -0.121. The molecule has 0 spiro atoms. The van der Waals surface area contributed by atoms with Crippen molar-refractivity contribution in [3.8, 4) is 11.4 Å². The van der Waals surface area contributed by atoms with Crippen molar-refractivity contribution in [2.75, 3.05) is 0 Å². The van der Waals surface area contributed by atoms with Crippen LogP contribution in [0.5, 0.6) is 0 Å². The molecule has 3 aromatic rings. The third-order valence-electron chi connectivity index (χ3n) is 5.71. The third-order valence-corrected chi connectivity index (χ3v) is 5.71. The minimum Gasteiger partial charge on any atom is -0.352 e. The van der Waals surface area contributed by atoms with Crippen LogP contribution in [-0.4, -0.2) is 26.9 Å². The molecule has 1 aromatic carbocycles. The summed E-state index contributed by atoms with van der Waals surface area (Å²) in [5.74, 6) is 0.772. The van der Waals surface area contributed by atoms with Gasteiger partial charge in [-0.25, -0.2) is 4.98 Å². The first-order chi connectivity index (χ1) is 14.0. The van der Waals surface area contributed by atoms with Crippen LogP contribution in [0.15, 0.2) is 53.6 Å². The number of aryl methyl sites for hydroxylation is 1. The van der Waals surface area contributed by atoms with E-state index in [1.807, 2.05) is 19.1 Å². The summed E-state index contributed by atoms with van der Waals surface area (Å²) < 4.78 is 0. The standard InChI is InChI=1S/C23H24N4O2/c1-14-18-6-4-3-5-17(18)13-20(14)26-21(28)8-7-19-15(2)25-22(27-23(19)29)16-9-11-24-12-10-16/h3-6,9-12,14,20H,7-8,13H2,1-2H3,(H,26,28)(H,25,27,29)/t14-,20+/m0/s1. The zero-order valence-electron chi connectivity index (χ0n) is 16.6. The number of aromatic amines is 1. The molecule has 6 nitrogen and oxygen atoms in total. The fraction of sp³-hybridized carbons (Fsp3) is 0.304. The van der Waals surface area contributed by atoms with Gasteiger partial charge in [0.05, 0.1) is 0 Å². The second kappa shape index (κ2) is 7.99. The Morgan fingerprint density at radius 2 is 1.97 bits per heavy atom. The number of rotatable bonds is 5. The van der Waals surface area contributed by atoms with Crippen LogP contribution >= 0.6 is 0 Å². The summed E-state index contributed by atoms with van der Waals surface area (Å²) in [5.41, 5.74) is 4.42. The molecule has 6 heteroatoms. The molecular weight excluding hydrogens is 364 g/mol. The van der Waals surface area contributed by atoms with Gasteiger partial charge in [0.25, 0.3) is 5.56 Å². The van der Waals surface area contributed by atoms with Crippen molar-refractivity contribution in [1.29, 1.82) is 0 Å². The van der Waals surface area contributed by atoms with Crippen LogP contribution in [0.2, 0.25) is 0 Å². The molecule has 0 fully saturated rings. The van der Waals surface area contributed by atoms with Crippen LogP contribution in [0, 0.1) is 6.92 Å². The Balaban J connectivity index is 1.41. The Bertz CT molecular complexity index is 1090. The average molecular weight is 388 g/mol. The van der Waals surface area contributed by atoms with Crippen molar-refractivity contribution in [3.05, 3.63) is 81.5 Å². The van der Waals surface area contributed by atoms with Crippen LogP contribution in [0.25, 0.3) is 11.4 Å². The van der Waals surface area contributed by atoms with Gasteiger partial charge in [0.1, 0.15) is 5.82 Å². The molecule has 1 aliphatic carbocycles. The van der Waals surface area contributed by atoms with E-state index >= 15 is 0 Å². The van der Waals surface area contributed by atoms with Gasteiger partial charge in [-0.05, 0) is 43.0 Å². The van der Waals surface area contributed by atoms with E-state index in [2.05, 4.69) is 39.3 Å². The normalized spacial score (nSPS) is 17.7. The summed E-state index contributed by atoms with van der Waals surface area (Å²) in [6.45, 7) is 3.95. The van der Waals surface area contributed by atoms with E-state index in [9.17, 15) is 9.59 Å². The zero-order chi connectivity index (χ0) is 20.4. The molecule has 148 valence electrons. The quantitative estimate of drug-likeness (QED) is 0.703. The molecule has 0 radical (unpaired) electrons. The molecule has 4 rings (SSSR count). The molecule has 0 saturated heterocycles. The number of aromatic nitrogens is 3. The van der Waals surface area contributed by atoms with Crippen molar-refractivity contribution < 1.29 is 4.79 Å². The van der Waals surface area contributed by atoms with Crippen LogP contribution in [0.4, 0.5) is 0 Å². The summed E-state index contributed by atoms with van der Waals surface area (Å²) in [4.78, 5) is 36.4. The Morgan fingerprint density at radius 3 is 2.69 bits per heavy atom. The number of H-pyrrole nitrogens is 1. The first-order valence-electron chi connectivity index (χ1n) is 9.90. The molecule has 29 heavy (non-hydrogen) atoms. The van der Waals surface area contributed by atoms with E-state index in [-0.39, 0.29) is 23.9 Å². The molecule has 1 amide bonds. The van der Waals surface area contributed by atoms with E-state index < -0.39 is 0 Å². The van der Waals surface area contributed by atoms with Gasteiger partial charge in [0.15, 0.2) is 0 Å². The van der Waals surface area contributed by atoms with Gasteiger partial charge in [0.2, 0.25) is 5.91 Å². The lowest BCUT2D eigenvalue weighted by atomic mass is 10.0. The molecule has 2 atom stereocenters. The molecular formula is C23H24N4O2. The van der Waals surface area contributed by atoms with Gasteiger partial charge >= 0.3 is 0 Å². The highest BCUT2D eigenvalue weighted by molar-refractivity contribution is 5.77. The van der Waals surface area contributed by atoms with E-state index in [0.29, 0.717) is 29.4 Å². The summed E-state index contributed by atoms with van der Waals surface area (Å²) >= 11 is 0. The smallest absolute Gasteiger partial charge is 0.254 e. The Labute approximate surface area is 169 Å². The molecule has 0 bridgehead atoms. The van der Waals surface area contributed by atoms with E-state index in [0.717, 1.165) is 12.0 Å². The number of benzene rings is 1. The van der Waals surface area contributed by atoms with Crippen molar-refractivity contribution in [1.82, 2.24) is 20.3 Å². The van der Waals surface area contributed by atoms with Gasteiger partial charge in [0, 0.05) is 47.6 Å². The first kappa shape index (κ1) is 19.1. The highest BCUT2D eigenvalue weighted by Crippen LogP contribution is 2.32. The minimum atomic E-state index is -0.196. The van der Waals surface area contributed by atoms with Crippen molar-refractivity contribution in [2.45, 2.75) is 45.1 Å². The number of carbonyl (C=O) groups is 1. The second-order valence-corrected chi connectivity index (χ2v) is 7.58. The van der Waals surface area contributed by atoms with Gasteiger partial charge in [-0.1, -0.05) is 31.2 Å². The largest absolute Gasteiger partial charge is 0.352 e. The van der Waals surface area contributed by atoms with Gasteiger partial charge in [-0.2, -0.15) is 0 Å². The average Bonchev–Trinajstić information content (AvgIpc) is 3.03. The van der Waals surface area contributed by atoms with Crippen LogP contribution in [0.3, 0.4) is 0 Å². The van der Waals surface area contributed by atoms with Crippen LogP contribution < -0.4 is 10.9 Å². The summed E-state index contributed by atoms with van der Waals surface area (Å²) in [5, 5.41) is 3.14. The number of hydrogen-bond donors (Lipinski definition) is 2. The topological polar surface area (TPSA) is 87.7 Å². The lowest BCUT2D eigenvalue weighted by Crippen LogP contribution is -2.37. The molecule has 0 unspecified atom stereocenters. The Morgan fingerprint density at radius 1 is 1.21 bits per heavy atom. The fourth-order valence-electron chi connectivity index (χ4n) is 4.04. The number of fused-ring (bicyclic) bond motifs is 1. The molecule has 1 aliphatic rings. The number of pyridine rings is 1. The predicted octanol–water partition coefficient (Wildman–Crippen LogP) is 2.92. The Kier molecular flexibility index (Phi) is 5.25. The van der Waals surface area contributed by atoms with Crippen molar-refractivity contribution in [2.24, 2.45) is 0 Å². The summed E-state index contributed by atoms with van der Waals surface area (Å²) in [6, 6.07) is 12.0. The van der Waals surface area contributed by atoms with E-state index in [1.165, 1.54) is 11.1 Å². The SMILES string of the molecule is Cc1nc(-c2ccncc2)[nH]c(=O)c1CCC(=O)N[C@@H]1Cc2ccccc2[C@@H]1C. The van der Waals surface area contributed by atoms with Crippen molar-refractivity contribution >= 4 is 5.91 Å². The number of nitrogens with zero attached hydrogens (tertiary/aromatic N) is 2. The maximum atomic E-state index is 12.5. The minimum absolute atomic E-state index is 0.0355. The Hall–Kier alpha value is -3.28. The summed E-state index contributed by atoms with van der Waals surface area (Å²) in [6.07, 6.45) is 4.80. The maximum absolute atomic E-state index is 12.5. The third kappa shape index (κ3) is 3.97. The molecule has 2 N–H and O–H groups in total. The number of carbonyl (C=O) groups excluding carboxylic acids is 1. The first-order valence-corrected chi connectivity index (χ1v) is 9.90. The monoisotopic (exact) mass is 388 g/mol. The van der Waals surface area contributed by atoms with Crippen LogP contribution in [0.1, 0.15) is 41.6 Å². The lowest BCUT2D eigenvalue weighted by Gasteiger charge is -2.18. The summed E-state index contributed by atoms with van der Waals surface area (Å²) in [7, 11) is 0. The highest BCUT2D eigenvalue weighted by atomic mass is 16.1. The maximum Gasteiger partial charge on any atom is 0.254 e. The van der Waals surface area contributed by atoms with Gasteiger partial charge < -0.3 is 10.3 Å². The van der Waals surface area contributed by atoms with Gasteiger partial charge in [-0.15, -0.1) is 0 Å². The van der Waals surface area contributed by atoms with Crippen LogP contribution in [-0.2, 0) is 17.6 Å². The molecule has 0 aliphatic heterocycles.